The van der Waals surface area contributed by atoms with Crippen LogP contribution in [0, 0.1) is 0 Å². The first-order chi connectivity index (χ1) is 7.59. The minimum Gasteiger partial charge on any atom is -0.480 e. The molecule has 0 aliphatic carbocycles. The van der Waals surface area contributed by atoms with Crippen LogP contribution in [-0.4, -0.2) is 49.6 Å². The van der Waals surface area contributed by atoms with E-state index in [9.17, 15) is 4.79 Å². The Kier molecular flexibility index (Phi) is 2.39. The third kappa shape index (κ3) is 1.64. The molecular weight excluding hydrogens is 212 g/mol. The molecule has 0 radical (unpaired) electrons. The lowest BCUT2D eigenvalue weighted by Gasteiger charge is -2.14. The van der Waals surface area contributed by atoms with Gasteiger partial charge in [0.2, 0.25) is 0 Å². The largest absolute Gasteiger partial charge is 0.480 e. The van der Waals surface area contributed by atoms with E-state index in [2.05, 4.69) is 20.3 Å². The maximum atomic E-state index is 10.6. The summed E-state index contributed by atoms with van der Waals surface area (Å²) in [5, 5.41) is 16.4. The fourth-order valence-corrected chi connectivity index (χ4v) is 1.40. The number of aliphatic carboxylic acids is 1. The quantitative estimate of drug-likeness (QED) is 0.731. The Balaban J connectivity index is 2.48. The van der Waals surface area contributed by atoms with Crippen molar-refractivity contribution >= 4 is 23.0 Å². The predicted molar refractivity (Wildman–Crippen MR) is 55.0 cm³/mol. The molecule has 8 nitrogen and oxygen atoms in total. The van der Waals surface area contributed by atoms with E-state index in [1.807, 2.05) is 0 Å². The highest BCUT2D eigenvalue weighted by atomic mass is 16.4. The Hall–Kier alpha value is -2.25. The van der Waals surface area contributed by atoms with Crippen molar-refractivity contribution in [1.82, 2.24) is 25.0 Å². The summed E-state index contributed by atoms with van der Waals surface area (Å²) in [4.78, 5) is 20.1. The second-order valence-corrected chi connectivity index (χ2v) is 3.33. The Bertz CT molecular complexity index is 536. The number of aromatic nitrogens is 5. The summed E-state index contributed by atoms with van der Waals surface area (Å²) < 4.78 is 1.51. The second-order valence-electron chi connectivity index (χ2n) is 3.33. The molecule has 0 saturated heterocycles. The summed E-state index contributed by atoms with van der Waals surface area (Å²) in [5.41, 5.74) is 1.07. The molecule has 1 N–H and O–H groups in total. The van der Waals surface area contributed by atoms with Gasteiger partial charge < -0.3 is 10.0 Å². The van der Waals surface area contributed by atoms with Gasteiger partial charge in [-0.05, 0) is 0 Å². The first kappa shape index (κ1) is 10.3. The van der Waals surface area contributed by atoms with E-state index in [0.717, 1.165) is 0 Å². The van der Waals surface area contributed by atoms with Gasteiger partial charge in [-0.3, -0.25) is 4.79 Å². The van der Waals surface area contributed by atoms with Crippen LogP contribution in [0.1, 0.15) is 0 Å². The third-order valence-corrected chi connectivity index (χ3v) is 2.10. The normalized spacial score (nSPS) is 10.6. The van der Waals surface area contributed by atoms with Crippen LogP contribution in [0.25, 0.3) is 11.2 Å². The lowest BCUT2D eigenvalue weighted by atomic mass is 10.4. The van der Waals surface area contributed by atoms with Crippen molar-refractivity contribution in [3.05, 3.63) is 6.33 Å². The van der Waals surface area contributed by atoms with Crippen molar-refractivity contribution < 1.29 is 9.90 Å². The molecule has 0 fully saturated rings. The number of aryl methyl sites for hydroxylation is 1. The van der Waals surface area contributed by atoms with Gasteiger partial charge in [0.1, 0.15) is 12.9 Å². The maximum absolute atomic E-state index is 10.6. The topological polar surface area (TPSA) is 97.0 Å². The molecule has 8 heteroatoms. The van der Waals surface area contributed by atoms with Gasteiger partial charge in [0.05, 0.1) is 0 Å². The number of carbonyl (C=O) groups is 1. The zero-order valence-corrected chi connectivity index (χ0v) is 8.82. The van der Waals surface area contributed by atoms with E-state index in [4.69, 9.17) is 5.11 Å². The van der Waals surface area contributed by atoms with Crippen molar-refractivity contribution in [3.8, 4) is 0 Å². The number of carboxylic acid groups (broad SMARTS) is 1. The van der Waals surface area contributed by atoms with Crippen LogP contribution < -0.4 is 4.90 Å². The predicted octanol–water partition coefficient (Wildman–Crippen LogP) is -0.721. The molecule has 0 unspecified atom stereocenters. The van der Waals surface area contributed by atoms with E-state index >= 15 is 0 Å². The van der Waals surface area contributed by atoms with Crippen LogP contribution in [0.2, 0.25) is 0 Å². The number of hydrogen-bond donors (Lipinski definition) is 1. The molecule has 2 heterocycles. The van der Waals surface area contributed by atoms with Crippen molar-refractivity contribution in [2.45, 2.75) is 0 Å². The maximum Gasteiger partial charge on any atom is 0.323 e. The van der Waals surface area contributed by atoms with Crippen LogP contribution in [0.3, 0.4) is 0 Å². The zero-order chi connectivity index (χ0) is 11.7. The lowest BCUT2D eigenvalue weighted by molar-refractivity contribution is -0.135. The molecule has 0 aliphatic rings. The molecule has 0 amide bonds. The third-order valence-electron chi connectivity index (χ3n) is 2.10. The summed E-state index contributed by atoms with van der Waals surface area (Å²) in [5.74, 6) is -0.473. The van der Waals surface area contributed by atoms with Gasteiger partial charge >= 0.3 is 5.97 Å². The monoisotopic (exact) mass is 222 g/mol. The minimum absolute atomic E-state index is 0.150. The molecule has 2 aromatic rings. The molecule has 0 spiro atoms. The van der Waals surface area contributed by atoms with E-state index in [0.29, 0.717) is 17.0 Å². The van der Waals surface area contributed by atoms with E-state index in [1.165, 1.54) is 15.9 Å². The average Bonchev–Trinajstić information content (AvgIpc) is 2.59. The number of likely N-dealkylation sites (N-methyl/N-ethyl adjacent to an activating group) is 1. The number of fused-ring (bicyclic) bond motifs is 1. The minimum atomic E-state index is -0.932. The Morgan fingerprint density at radius 3 is 3.00 bits per heavy atom. The van der Waals surface area contributed by atoms with Crippen LogP contribution >= 0.6 is 0 Å². The highest BCUT2D eigenvalue weighted by Crippen LogP contribution is 2.17. The number of hydrogen-bond acceptors (Lipinski definition) is 6. The molecule has 16 heavy (non-hydrogen) atoms. The summed E-state index contributed by atoms with van der Waals surface area (Å²) in [6.07, 6.45) is 1.36. The van der Waals surface area contributed by atoms with Crippen molar-refractivity contribution in [2.24, 2.45) is 7.05 Å². The lowest BCUT2D eigenvalue weighted by Crippen LogP contribution is -2.26. The molecular formula is C8H10N6O2. The number of rotatable bonds is 3. The van der Waals surface area contributed by atoms with Gasteiger partial charge in [0.15, 0.2) is 17.0 Å². The average molecular weight is 222 g/mol. The molecule has 0 atom stereocenters. The van der Waals surface area contributed by atoms with Crippen LogP contribution in [0.15, 0.2) is 6.33 Å². The molecule has 0 aliphatic heterocycles. The van der Waals surface area contributed by atoms with E-state index in [1.54, 1.807) is 14.1 Å². The SMILES string of the molecule is CN(CC(=O)O)c1ncnc2c1nnn2C. The number of anilines is 1. The van der Waals surface area contributed by atoms with Gasteiger partial charge in [0, 0.05) is 14.1 Å². The number of nitrogens with zero attached hydrogens (tertiary/aromatic N) is 6. The highest BCUT2D eigenvalue weighted by Gasteiger charge is 2.14. The van der Waals surface area contributed by atoms with Gasteiger partial charge in [-0.25, -0.2) is 14.6 Å². The van der Waals surface area contributed by atoms with Gasteiger partial charge in [0.25, 0.3) is 0 Å². The molecule has 2 aromatic heterocycles. The smallest absolute Gasteiger partial charge is 0.323 e. The van der Waals surface area contributed by atoms with Crippen LogP contribution in [-0.2, 0) is 11.8 Å². The first-order valence-electron chi connectivity index (χ1n) is 4.53. The zero-order valence-electron chi connectivity index (χ0n) is 8.82. The van der Waals surface area contributed by atoms with Crippen LogP contribution in [0.4, 0.5) is 5.82 Å². The molecule has 0 bridgehead atoms. The molecule has 2 rings (SSSR count). The molecule has 0 aromatic carbocycles. The standard InChI is InChI=1S/C8H10N6O2/c1-13(3-5(15)16)7-6-8(10-4-9-7)14(2)12-11-6/h4H,3H2,1-2H3,(H,15,16). The fourth-order valence-electron chi connectivity index (χ4n) is 1.40. The summed E-state index contributed by atoms with van der Waals surface area (Å²) in [6, 6.07) is 0. The molecule has 84 valence electrons. The Morgan fingerprint density at radius 1 is 1.56 bits per heavy atom. The summed E-state index contributed by atoms with van der Waals surface area (Å²) in [7, 11) is 3.34. The summed E-state index contributed by atoms with van der Waals surface area (Å²) >= 11 is 0. The van der Waals surface area contributed by atoms with Crippen LogP contribution in [0.5, 0.6) is 0 Å². The van der Waals surface area contributed by atoms with Crippen molar-refractivity contribution in [3.63, 3.8) is 0 Å². The van der Waals surface area contributed by atoms with E-state index in [-0.39, 0.29) is 6.54 Å². The fraction of sp³-hybridized carbons (Fsp3) is 0.375. The molecule has 0 saturated carbocycles. The Morgan fingerprint density at radius 2 is 2.31 bits per heavy atom. The van der Waals surface area contributed by atoms with Gasteiger partial charge in [-0.1, -0.05) is 5.21 Å². The highest BCUT2D eigenvalue weighted by molar-refractivity contribution is 5.84. The van der Waals surface area contributed by atoms with Gasteiger partial charge in [-0.2, -0.15) is 0 Å². The second kappa shape index (κ2) is 3.72. The van der Waals surface area contributed by atoms with Crippen molar-refractivity contribution in [1.29, 1.82) is 0 Å². The number of carboxylic acids is 1. The summed E-state index contributed by atoms with van der Waals surface area (Å²) in [6.45, 7) is -0.150. The van der Waals surface area contributed by atoms with E-state index < -0.39 is 5.97 Å². The first-order valence-corrected chi connectivity index (χ1v) is 4.53. The van der Waals surface area contributed by atoms with Crippen molar-refractivity contribution in [2.75, 3.05) is 18.5 Å². The Labute approximate surface area is 90.5 Å². The van der Waals surface area contributed by atoms with Gasteiger partial charge in [-0.15, -0.1) is 5.10 Å².